The fourth-order valence-corrected chi connectivity index (χ4v) is 1.89. The minimum Gasteiger partial charge on any atom is -0.383 e. The molecule has 1 heterocycles. The highest BCUT2D eigenvalue weighted by molar-refractivity contribution is 6.34. The highest BCUT2D eigenvalue weighted by Gasteiger charge is 2.15. The Bertz CT molecular complexity index is 373. The molecular weight excluding hydrogens is 186 g/mol. The fourth-order valence-electron chi connectivity index (χ4n) is 1.58. The van der Waals surface area contributed by atoms with Gasteiger partial charge in [0.05, 0.1) is 10.7 Å². The first-order valence-electron chi connectivity index (χ1n) is 4.25. The van der Waals surface area contributed by atoms with Gasteiger partial charge in [-0.2, -0.15) is 0 Å². The Morgan fingerprint density at radius 2 is 2.31 bits per heavy atom. The number of carbonyl (C=O) groups is 1. The minimum atomic E-state index is 0.0663. The van der Waals surface area contributed by atoms with Crippen molar-refractivity contribution in [2.24, 2.45) is 0 Å². The van der Waals surface area contributed by atoms with E-state index in [1.165, 1.54) is 0 Å². The van der Waals surface area contributed by atoms with Crippen LogP contribution in [0, 0.1) is 0 Å². The number of hydrogen-bond donors (Lipinski definition) is 1. The molecule has 1 aromatic rings. The molecule has 1 aliphatic rings. The monoisotopic (exact) mass is 195 g/mol. The molecule has 0 fully saturated rings. The van der Waals surface area contributed by atoms with Crippen molar-refractivity contribution in [2.45, 2.75) is 13.3 Å². The Hall–Kier alpha value is -1.02. The lowest BCUT2D eigenvalue weighted by Gasteiger charge is -2.04. The standard InChI is InChI=1S/C10H10ClNO/c1-6(13)8-4-7-2-3-12-10(7)9(11)5-8/h4-5,12H,2-3H2,1H3. The number of fused-ring (bicyclic) bond motifs is 1. The quantitative estimate of drug-likeness (QED) is 0.698. The van der Waals surface area contributed by atoms with E-state index in [2.05, 4.69) is 5.32 Å². The molecular formula is C10H10ClNO. The second-order valence-corrected chi connectivity index (χ2v) is 3.63. The average molecular weight is 196 g/mol. The Kier molecular flexibility index (Phi) is 2.00. The third kappa shape index (κ3) is 1.42. The van der Waals surface area contributed by atoms with Crippen LogP contribution in [-0.4, -0.2) is 12.3 Å². The van der Waals surface area contributed by atoms with Crippen molar-refractivity contribution in [3.63, 3.8) is 0 Å². The van der Waals surface area contributed by atoms with Gasteiger partial charge in [0.25, 0.3) is 0 Å². The molecule has 3 heteroatoms. The first kappa shape index (κ1) is 8.57. The van der Waals surface area contributed by atoms with Gasteiger partial charge in [-0.05, 0) is 31.0 Å². The van der Waals surface area contributed by atoms with Crippen LogP contribution in [-0.2, 0) is 6.42 Å². The summed E-state index contributed by atoms with van der Waals surface area (Å²) in [6, 6.07) is 3.64. The first-order chi connectivity index (χ1) is 6.18. The molecule has 0 radical (unpaired) electrons. The largest absolute Gasteiger partial charge is 0.383 e. The molecule has 1 aliphatic heterocycles. The summed E-state index contributed by atoms with van der Waals surface area (Å²) in [6.07, 6.45) is 0.955. The Morgan fingerprint density at radius 1 is 1.54 bits per heavy atom. The topological polar surface area (TPSA) is 29.1 Å². The normalized spacial score (nSPS) is 13.7. The van der Waals surface area contributed by atoms with E-state index in [9.17, 15) is 4.79 Å². The number of anilines is 1. The highest BCUT2D eigenvalue weighted by Crippen LogP contribution is 2.31. The predicted octanol–water partition coefficient (Wildman–Crippen LogP) is 2.51. The average Bonchev–Trinajstić information content (AvgIpc) is 2.51. The first-order valence-corrected chi connectivity index (χ1v) is 4.63. The van der Waals surface area contributed by atoms with E-state index in [0.717, 1.165) is 24.2 Å². The van der Waals surface area contributed by atoms with Crippen LogP contribution < -0.4 is 5.32 Å². The molecule has 0 bridgehead atoms. The summed E-state index contributed by atoms with van der Waals surface area (Å²) in [6.45, 7) is 2.47. The third-order valence-electron chi connectivity index (χ3n) is 2.27. The Morgan fingerprint density at radius 3 is 3.00 bits per heavy atom. The van der Waals surface area contributed by atoms with E-state index >= 15 is 0 Å². The molecule has 13 heavy (non-hydrogen) atoms. The van der Waals surface area contributed by atoms with Crippen LogP contribution in [0.5, 0.6) is 0 Å². The lowest BCUT2D eigenvalue weighted by atomic mass is 10.1. The third-order valence-corrected chi connectivity index (χ3v) is 2.57. The maximum absolute atomic E-state index is 11.1. The van der Waals surface area contributed by atoms with Gasteiger partial charge < -0.3 is 5.32 Å². The summed E-state index contributed by atoms with van der Waals surface area (Å²) in [5, 5.41) is 3.84. The molecule has 1 aromatic carbocycles. The summed E-state index contributed by atoms with van der Waals surface area (Å²) in [5.74, 6) is 0.0663. The number of rotatable bonds is 1. The Labute approximate surface area is 81.9 Å². The predicted molar refractivity (Wildman–Crippen MR) is 53.7 cm³/mol. The lowest BCUT2D eigenvalue weighted by Crippen LogP contribution is -1.94. The van der Waals surface area contributed by atoms with E-state index in [1.54, 1.807) is 13.0 Å². The van der Waals surface area contributed by atoms with Crippen molar-refractivity contribution >= 4 is 23.1 Å². The molecule has 2 nitrogen and oxygen atoms in total. The zero-order valence-corrected chi connectivity index (χ0v) is 8.11. The van der Waals surface area contributed by atoms with E-state index in [4.69, 9.17) is 11.6 Å². The maximum Gasteiger partial charge on any atom is 0.159 e. The van der Waals surface area contributed by atoms with Gasteiger partial charge in [0.15, 0.2) is 5.78 Å². The second-order valence-electron chi connectivity index (χ2n) is 3.23. The number of nitrogens with one attached hydrogen (secondary N) is 1. The molecule has 0 saturated heterocycles. The summed E-state index contributed by atoms with van der Waals surface area (Å²) in [4.78, 5) is 11.1. The summed E-state index contributed by atoms with van der Waals surface area (Å²) < 4.78 is 0. The maximum atomic E-state index is 11.1. The van der Waals surface area contributed by atoms with Crippen LogP contribution in [0.3, 0.4) is 0 Å². The molecule has 0 aromatic heterocycles. The van der Waals surface area contributed by atoms with Crippen molar-refractivity contribution in [1.82, 2.24) is 0 Å². The van der Waals surface area contributed by atoms with E-state index in [0.29, 0.717) is 10.6 Å². The molecule has 0 atom stereocenters. The van der Waals surface area contributed by atoms with Crippen LogP contribution in [0.15, 0.2) is 12.1 Å². The van der Waals surface area contributed by atoms with Crippen LogP contribution in [0.2, 0.25) is 5.02 Å². The van der Waals surface area contributed by atoms with Crippen molar-refractivity contribution in [2.75, 3.05) is 11.9 Å². The van der Waals surface area contributed by atoms with Gasteiger partial charge in [0, 0.05) is 12.1 Å². The fraction of sp³-hybridized carbons (Fsp3) is 0.300. The molecule has 2 rings (SSSR count). The van der Waals surface area contributed by atoms with Crippen LogP contribution in [0.1, 0.15) is 22.8 Å². The number of Topliss-reactive ketones (excluding diaryl/α,β-unsaturated/α-hetero) is 1. The van der Waals surface area contributed by atoms with Gasteiger partial charge in [0.1, 0.15) is 0 Å². The smallest absolute Gasteiger partial charge is 0.159 e. The van der Waals surface area contributed by atoms with Crippen LogP contribution in [0.4, 0.5) is 5.69 Å². The molecule has 0 spiro atoms. The molecule has 0 unspecified atom stereocenters. The SMILES string of the molecule is CC(=O)c1cc(Cl)c2c(c1)CCN2. The van der Waals surface area contributed by atoms with Crippen LogP contribution >= 0.6 is 11.6 Å². The molecule has 0 saturated carbocycles. The van der Waals surface area contributed by atoms with Crippen molar-refractivity contribution in [3.8, 4) is 0 Å². The number of hydrogen-bond acceptors (Lipinski definition) is 2. The van der Waals surface area contributed by atoms with E-state index in [1.807, 2.05) is 6.07 Å². The van der Waals surface area contributed by atoms with Gasteiger partial charge in [-0.1, -0.05) is 11.6 Å². The number of carbonyl (C=O) groups excluding carboxylic acids is 1. The minimum absolute atomic E-state index is 0.0663. The summed E-state index contributed by atoms with van der Waals surface area (Å²) in [7, 11) is 0. The summed E-state index contributed by atoms with van der Waals surface area (Å²) >= 11 is 6.00. The zero-order chi connectivity index (χ0) is 9.42. The second kappa shape index (κ2) is 3.04. The van der Waals surface area contributed by atoms with Gasteiger partial charge in [-0.25, -0.2) is 0 Å². The zero-order valence-electron chi connectivity index (χ0n) is 7.36. The molecule has 0 amide bonds. The molecule has 0 aliphatic carbocycles. The van der Waals surface area contributed by atoms with E-state index in [-0.39, 0.29) is 5.78 Å². The Balaban J connectivity index is 2.55. The molecule has 1 N–H and O–H groups in total. The lowest BCUT2D eigenvalue weighted by molar-refractivity contribution is 0.101. The van der Waals surface area contributed by atoms with Crippen molar-refractivity contribution < 1.29 is 4.79 Å². The van der Waals surface area contributed by atoms with Gasteiger partial charge >= 0.3 is 0 Å². The number of halogens is 1. The summed E-state index contributed by atoms with van der Waals surface area (Å²) in [5.41, 5.74) is 2.84. The van der Waals surface area contributed by atoms with Gasteiger partial charge in [-0.15, -0.1) is 0 Å². The highest BCUT2D eigenvalue weighted by atomic mass is 35.5. The molecule has 68 valence electrons. The van der Waals surface area contributed by atoms with Gasteiger partial charge in [-0.3, -0.25) is 4.79 Å². The van der Waals surface area contributed by atoms with Gasteiger partial charge in [0.2, 0.25) is 0 Å². The van der Waals surface area contributed by atoms with Crippen LogP contribution in [0.25, 0.3) is 0 Å². The number of benzene rings is 1. The van der Waals surface area contributed by atoms with Crippen molar-refractivity contribution in [1.29, 1.82) is 0 Å². The van der Waals surface area contributed by atoms with E-state index < -0.39 is 0 Å². The number of ketones is 1. The van der Waals surface area contributed by atoms with Crippen molar-refractivity contribution in [3.05, 3.63) is 28.3 Å².